The summed E-state index contributed by atoms with van der Waals surface area (Å²) in [4.78, 5) is 15.6. The zero-order valence-electron chi connectivity index (χ0n) is 12.5. The van der Waals surface area contributed by atoms with Gasteiger partial charge in [0.25, 0.3) is 0 Å². The van der Waals surface area contributed by atoms with Crippen LogP contribution < -0.4 is 10.1 Å². The molecular formula is C15H22N2O3. The minimum absolute atomic E-state index is 0.0577. The molecule has 110 valence electrons. The topological polar surface area (TPSA) is 60.5 Å². The summed E-state index contributed by atoms with van der Waals surface area (Å²) < 4.78 is 10.3. The zero-order chi connectivity index (χ0) is 15.0. The molecule has 5 heteroatoms. The Bertz CT molecular complexity index is 470. The van der Waals surface area contributed by atoms with Crippen LogP contribution in [-0.4, -0.2) is 30.7 Å². The second-order valence-corrected chi connectivity index (χ2v) is 4.48. The normalized spacial score (nSPS) is 11.3. The van der Waals surface area contributed by atoms with E-state index >= 15 is 0 Å². The van der Waals surface area contributed by atoms with Gasteiger partial charge in [0.1, 0.15) is 0 Å². The van der Waals surface area contributed by atoms with Gasteiger partial charge in [-0.2, -0.15) is 0 Å². The van der Waals surface area contributed by atoms with Gasteiger partial charge in [0, 0.05) is 18.3 Å². The van der Waals surface area contributed by atoms with Gasteiger partial charge in [0.2, 0.25) is 5.88 Å². The smallest absolute Gasteiger partial charge is 0.333 e. The Morgan fingerprint density at radius 1 is 1.50 bits per heavy atom. The molecule has 0 saturated heterocycles. The summed E-state index contributed by atoms with van der Waals surface area (Å²) in [5.41, 5.74) is 1.45. The van der Waals surface area contributed by atoms with Crippen molar-refractivity contribution in [2.75, 3.05) is 19.0 Å². The van der Waals surface area contributed by atoms with Gasteiger partial charge in [0.15, 0.2) is 0 Å². The molecule has 0 fully saturated rings. The van der Waals surface area contributed by atoms with Crippen LogP contribution in [0.4, 0.5) is 5.69 Å². The molecule has 0 amide bonds. The lowest BCUT2D eigenvalue weighted by atomic mass is 10.2. The fourth-order valence-electron chi connectivity index (χ4n) is 1.63. The number of anilines is 1. The first-order valence-corrected chi connectivity index (χ1v) is 6.71. The maximum atomic E-state index is 11.4. The van der Waals surface area contributed by atoms with Crippen molar-refractivity contribution in [1.29, 1.82) is 0 Å². The number of methoxy groups -OCH3 is 1. The molecule has 0 aliphatic carbocycles. The summed E-state index contributed by atoms with van der Waals surface area (Å²) in [6.07, 6.45) is 4.20. The van der Waals surface area contributed by atoms with Crippen LogP contribution in [0.5, 0.6) is 5.88 Å². The van der Waals surface area contributed by atoms with Crippen LogP contribution in [0.2, 0.25) is 0 Å². The van der Waals surface area contributed by atoms with Crippen LogP contribution in [-0.2, 0) is 9.53 Å². The van der Waals surface area contributed by atoms with Crippen molar-refractivity contribution in [3.05, 3.63) is 30.0 Å². The van der Waals surface area contributed by atoms with Crippen molar-refractivity contribution in [2.24, 2.45) is 0 Å². The lowest BCUT2D eigenvalue weighted by molar-refractivity contribution is -0.136. The Morgan fingerprint density at radius 2 is 2.25 bits per heavy atom. The van der Waals surface area contributed by atoms with Gasteiger partial charge in [-0.05, 0) is 32.4 Å². The van der Waals surface area contributed by atoms with E-state index in [0.29, 0.717) is 24.4 Å². The van der Waals surface area contributed by atoms with Crippen molar-refractivity contribution >= 4 is 11.7 Å². The molecule has 0 radical (unpaired) electrons. The monoisotopic (exact) mass is 278 g/mol. The third-order valence-electron chi connectivity index (χ3n) is 2.59. The van der Waals surface area contributed by atoms with E-state index in [4.69, 9.17) is 9.47 Å². The summed E-state index contributed by atoms with van der Waals surface area (Å²) in [5.74, 6) is 0.270. The van der Waals surface area contributed by atoms with Gasteiger partial charge in [-0.25, -0.2) is 9.78 Å². The van der Waals surface area contributed by atoms with Crippen LogP contribution in [0.15, 0.2) is 30.0 Å². The Kier molecular flexibility index (Phi) is 6.56. The van der Waals surface area contributed by atoms with Crippen molar-refractivity contribution in [2.45, 2.75) is 33.3 Å². The van der Waals surface area contributed by atoms with E-state index in [-0.39, 0.29) is 12.1 Å². The highest BCUT2D eigenvalue weighted by atomic mass is 16.5. The highest BCUT2D eigenvalue weighted by molar-refractivity contribution is 5.88. The van der Waals surface area contributed by atoms with E-state index < -0.39 is 0 Å². The number of hydrogen-bond donors (Lipinski definition) is 1. The van der Waals surface area contributed by atoms with Crippen molar-refractivity contribution in [3.63, 3.8) is 0 Å². The van der Waals surface area contributed by atoms with Crippen molar-refractivity contribution in [1.82, 2.24) is 4.98 Å². The molecule has 0 aromatic carbocycles. The fourth-order valence-corrected chi connectivity index (χ4v) is 1.63. The van der Waals surface area contributed by atoms with Crippen LogP contribution in [0.3, 0.4) is 0 Å². The lowest BCUT2D eigenvalue weighted by Gasteiger charge is -2.13. The van der Waals surface area contributed by atoms with Gasteiger partial charge in [-0.3, -0.25) is 0 Å². The van der Waals surface area contributed by atoms with Crippen LogP contribution >= 0.6 is 0 Å². The SMILES string of the molecule is CC/C(=C/CNc1cccnc1OC(C)C)C(=O)OC. The van der Waals surface area contributed by atoms with E-state index in [1.807, 2.05) is 39.0 Å². The molecule has 0 aliphatic rings. The summed E-state index contributed by atoms with van der Waals surface area (Å²) in [6, 6.07) is 3.72. The quantitative estimate of drug-likeness (QED) is 0.614. The average molecular weight is 278 g/mol. The molecule has 0 bridgehead atoms. The minimum atomic E-state index is -0.292. The molecule has 5 nitrogen and oxygen atoms in total. The van der Waals surface area contributed by atoms with Crippen molar-refractivity contribution in [3.8, 4) is 5.88 Å². The van der Waals surface area contributed by atoms with E-state index in [1.165, 1.54) is 7.11 Å². The summed E-state index contributed by atoms with van der Waals surface area (Å²) in [5, 5.41) is 3.19. The second-order valence-electron chi connectivity index (χ2n) is 4.48. The largest absolute Gasteiger partial charge is 0.473 e. The maximum absolute atomic E-state index is 11.4. The molecule has 0 saturated carbocycles. The lowest BCUT2D eigenvalue weighted by Crippen LogP contribution is -2.11. The van der Waals surface area contributed by atoms with E-state index in [9.17, 15) is 4.79 Å². The van der Waals surface area contributed by atoms with Gasteiger partial charge >= 0.3 is 5.97 Å². The molecule has 0 unspecified atom stereocenters. The third kappa shape index (κ3) is 4.91. The van der Waals surface area contributed by atoms with Crippen molar-refractivity contribution < 1.29 is 14.3 Å². The number of carbonyl (C=O) groups is 1. The molecule has 1 N–H and O–H groups in total. The third-order valence-corrected chi connectivity index (χ3v) is 2.59. The Hall–Kier alpha value is -2.04. The molecule has 1 aromatic rings. The average Bonchev–Trinajstić information content (AvgIpc) is 2.44. The van der Waals surface area contributed by atoms with Gasteiger partial charge in [-0.1, -0.05) is 13.0 Å². The van der Waals surface area contributed by atoms with Gasteiger partial charge in [-0.15, -0.1) is 0 Å². The Labute approximate surface area is 120 Å². The molecular weight excluding hydrogens is 256 g/mol. The number of ether oxygens (including phenoxy) is 2. The second kappa shape index (κ2) is 8.19. The fraction of sp³-hybridized carbons (Fsp3) is 0.467. The highest BCUT2D eigenvalue weighted by Gasteiger charge is 2.08. The number of nitrogens with zero attached hydrogens (tertiary/aromatic N) is 1. The highest BCUT2D eigenvalue weighted by Crippen LogP contribution is 2.21. The number of pyridine rings is 1. The predicted molar refractivity (Wildman–Crippen MR) is 78.9 cm³/mol. The minimum Gasteiger partial charge on any atom is -0.473 e. The maximum Gasteiger partial charge on any atom is 0.333 e. The first-order chi connectivity index (χ1) is 9.58. The summed E-state index contributed by atoms with van der Waals surface area (Å²) in [6.45, 7) is 6.33. The van der Waals surface area contributed by atoms with Crippen LogP contribution in [0.1, 0.15) is 27.2 Å². The number of esters is 1. The number of nitrogens with one attached hydrogen (secondary N) is 1. The molecule has 1 rings (SSSR count). The van der Waals surface area contributed by atoms with E-state index in [0.717, 1.165) is 5.69 Å². The molecule has 0 atom stereocenters. The summed E-state index contributed by atoms with van der Waals surface area (Å²) in [7, 11) is 1.38. The first-order valence-electron chi connectivity index (χ1n) is 6.71. The molecule has 1 heterocycles. The number of aromatic nitrogens is 1. The van der Waals surface area contributed by atoms with Crippen LogP contribution in [0, 0.1) is 0 Å². The number of carbonyl (C=O) groups excluding carboxylic acids is 1. The first kappa shape index (κ1) is 16.0. The predicted octanol–water partition coefficient (Wildman–Crippen LogP) is 2.79. The van der Waals surface area contributed by atoms with E-state index in [1.54, 1.807) is 6.20 Å². The number of rotatable bonds is 7. The Balaban J connectivity index is 2.70. The number of hydrogen-bond acceptors (Lipinski definition) is 5. The molecule has 20 heavy (non-hydrogen) atoms. The van der Waals surface area contributed by atoms with Crippen LogP contribution in [0.25, 0.3) is 0 Å². The Morgan fingerprint density at radius 3 is 2.85 bits per heavy atom. The standard InChI is InChI=1S/C15H22N2O3/c1-5-12(15(18)19-4)8-10-16-13-7-6-9-17-14(13)20-11(2)3/h6-9,11,16H,5,10H2,1-4H3/b12-8-. The molecule has 1 aromatic heterocycles. The van der Waals surface area contributed by atoms with E-state index in [2.05, 4.69) is 10.3 Å². The molecule has 0 spiro atoms. The summed E-state index contributed by atoms with van der Waals surface area (Å²) >= 11 is 0. The van der Waals surface area contributed by atoms with Gasteiger partial charge < -0.3 is 14.8 Å². The molecule has 0 aliphatic heterocycles. The van der Waals surface area contributed by atoms with Gasteiger partial charge in [0.05, 0.1) is 18.9 Å². The zero-order valence-corrected chi connectivity index (χ0v) is 12.5.